The Morgan fingerprint density at radius 3 is 2.37 bits per heavy atom. The first-order valence-electron chi connectivity index (χ1n) is 19.2. The van der Waals surface area contributed by atoms with Gasteiger partial charge in [0.05, 0.1) is 11.2 Å². The zero-order valence-corrected chi connectivity index (χ0v) is 30.2. The number of fused-ring (bicyclic) bond motifs is 9. The quantitative estimate of drug-likeness (QED) is 0.177. The molecular formula is C51H43N. The zero-order chi connectivity index (χ0) is 34.8. The summed E-state index contributed by atoms with van der Waals surface area (Å²) in [5, 5.41) is 3.96. The number of rotatable bonds is 3. The fourth-order valence-electron chi connectivity index (χ4n) is 11.8. The average molecular weight is 670 g/mol. The van der Waals surface area contributed by atoms with Crippen LogP contribution in [0.25, 0.3) is 44.6 Å². The van der Waals surface area contributed by atoms with Crippen molar-refractivity contribution in [2.24, 2.45) is 16.7 Å². The van der Waals surface area contributed by atoms with E-state index in [1.165, 1.54) is 66.4 Å². The van der Waals surface area contributed by atoms with Crippen molar-refractivity contribution in [3.05, 3.63) is 191 Å². The molecule has 1 saturated carbocycles. The van der Waals surface area contributed by atoms with E-state index in [0.29, 0.717) is 11.8 Å². The number of benzene rings is 5. The normalized spacial score (nSPS) is 29.1. The highest BCUT2D eigenvalue weighted by molar-refractivity contribution is 5.97. The Morgan fingerprint density at radius 2 is 1.48 bits per heavy atom. The molecule has 2 heterocycles. The van der Waals surface area contributed by atoms with Crippen molar-refractivity contribution >= 4 is 27.8 Å². The molecule has 0 amide bonds. The molecule has 0 radical (unpaired) electrons. The van der Waals surface area contributed by atoms with Gasteiger partial charge in [0, 0.05) is 44.7 Å². The summed E-state index contributed by atoms with van der Waals surface area (Å²) >= 11 is 0. The van der Waals surface area contributed by atoms with Gasteiger partial charge in [0.15, 0.2) is 0 Å². The van der Waals surface area contributed by atoms with E-state index in [2.05, 4.69) is 189 Å². The molecule has 6 atom stereocenters. The number of allylic oxidation sites excluding steroid dienone is 9. The SMILES string of the molecule is CC12CC=Cc3c1n(c1ccccc31)-c1c(C3C4=CC=CCC4(C)C(c4ccc(-c5cccc6ccccc56)cc4)C4(C)C=CC=CC34)cccc12. The molecule has 4 aliphatic carbocycles. The molecule has 252 valence electrons. The smallest absolute Gasteiger partial charge is 0.0539 e. The second kappa shape index (κ2) is 10.6. The topological polar surface area (TPSA) is 4.93 Å². The summed E-state index contributed by atoms with van der Waals surface area (Å²) in [5.41, 5.74) is 14.0. The van der Waals surface area contributed by atoms with Gasteiger partial charge in [-0.05, 0) is 70.3 Å². The molecule has 1 aromatic heterocycles. The standard InChI is InChI=1S/C51H43N/c1-49-30-10-8-22-41(49)45(40-20-13-24-43-46(40)52-44-25-7-6-18-38(44)39-21-14-32-51(43,3)48(39)52)42-23-9-11-31-50(42,2)47(49)35-28-26-34(27-29-35)37-19-12-16-33-15-4-5-17-36(33)37/h4-30,41,45,47H,31-32H2,1-3H3. The minimum atomic E-state index is -0.0927. The Bertz CT molecular complexity index is 2630. The first-order chi connectivity index (χ1) is 25.4. The lowest BCUT2D eigenvalue weighted by molar-refractivity contribution is 0.0786. The number of nitrogens with zero attached hydrogens (tertiary/aromatic N) is 1. The minimum Gasteiger partial charge on any atom is -0.311 e. The summed E-state index contributed by atoms with van der Waals surface area (Å²) in [4.78, 5) is 0. The maximum absolute atomic E-state index is 2.67. The van der Waals surface area contributed by atoms with Crippen molar-refractivity contribution in [1.82, 2.24) is 4.57 Å². The van der Waals surface area contributed by atoms with Crippen LogP contribution in [0.15, 0.2) is 163 Å². The Kier molecular flexibility index (Phi) is 6.15. The monoisotopic (exact) mass is 669 g/mol. The molecule has 1 heteroatoms. The molecule has 1 fully saturated rings. The third-order valence-electron chi connectivity index (χ3n) is 14.0. The summed E-state index contributed by atoms with van der Waals surface area (Å²) in [7, 11) is 0. The summed E-state index contributed by atoms with van der Waals surface area (Å²) in [6, 6.07) is 41.4. The van der Waals surface area contributed by atoms with Gasteiger partial charge in [-0.1, -0.05) is 177 Å². The fraction of sp³-hybridized carbons (Fsp3) is 0.216. The van der Waals surface area contributed by atoms with Crippen molar-refractivity contribution in [3.63, 3.8) is 0 Å². The lowest BCUT2D eigenvalue weighted by Gasteiger charge is -2.60. The molecule has 5 aliphatic rings. The number of para-hydroxylation sites is 2. The highest BCUT2D eigenvalue weighted by Gasteiger charge is 2.60. The van der Waals surface area contributed by atoms with Crippen LogP contribution < -0.4 is 0 Å². The number of hydrogen-bond donors (Lipinski definition) is 0. The molecule has 6 unspecified atom stereocenters. The number of aromatic nitrogens is 1. The molecule has 11 rings (SSSR count). The van der Waals surface area contributed by atoms with E-state index in [9.17, 15) is 0 Å². The van der Waals surface area contributed by atoms with E-state index in [4.69, 9.17) is 0 Å². The van der Waals surface area contributed by atoms with Crippen molar-refractivity contribution in [1.29, 1.82) is 0 Å². The largest absolute Gasteiger partial charge is 0.311 e. The Hall–Kier alpha value is -5.40. The molecule has 0 spiro atoms. The molecule has 0 N–H and O–H groups in total. The molecule has 0 bridgehead atoms. The Morgan fingerprint density at radius 1 is 0.692 bits per heavy atom. The molecule has 1 nitrogen and oxygen atoms in total. The molecule has 5 aromatic carbocycles. The Balaban J connectivity index is 1.10. The minimum absolute atomic E-state index is 0.0484. The van der Waals surface area contributed by atoms with Crippen LogP contribution in [0.2, 0.25) is 0 Å². The Labute approximate surface area is 307 Å². The van der Waals surface area contributed by atoms with Crippen LogP contribution in [-0.4, -0.2) is 4.57 Å². The molecular weight excluding hydrogens is 627 g/mol. The lowest BCUT2D eigenvalue weighted by Crippen LogP contribution is -2.51. The molecule has 6 aromatic rings. The lowest BCUT2D eigenvalue weighted by atomic mass is 9.42. The van der Waals surface area contributed by atoms with Crippen LogP contribution in [0.4, 0.5) is 0 Å². The molecule has 0 saturated heterocycles. The van der Waals surface area contributed by atoms with Gasteiger partial charge in [-0.25, -0.2) is 0 Å². The van der Waals surface area contributed by atoms with Crippen molar-refractivity contribution in [2.45, 2.75) is 50.9 Å². The second-order valence-corrected chi connectivity index (χ2v) is 16.7. The molecule has 52 heavy (non-hydrogen) atoms. The van der Waals surface area contributed by atoms with E-state index < -0.39 is 0 Å². The maximum Gasteiger partial charge on any atom is 0.0539 e. The summed E-state index contributed by atoms with van der Waals surface area (Å²) in [6.45, 7) is 7.62. The van der Waals surface area contributed by atoms with Crippen LogP contribution in [0.5, 0.6) is 0 Å². The average Bonchev–Trinajstić information content (AvgIpc) is 3.66. The molecule has 1 aliphatic heterocycles. The first-order valence-corrected chi connectivity index (χ1v) is 19.2. The van der Waals surface area contributed by atoms with E-state index in [0.717, 1.165) is 12.8 Å². The van der Waals surface area contributed by atoms with Crippen molar-refractivity contribution < 1.29 is 0 Å². The number of hydrogen-bond acceptors (Lipinski definition) is 0. The predicted molar refractivity (Wildman–Crippen MR) is 218 cm³/mol. The van der Waals surface area contributed by atoms with Gasteiger partial charge in [0.25, 0.3) is 0 Å². The summed E-state index contributed by atoms with van der Waals surface area (Å²) < 4.78 is 2.67. The van der Waals surface area contributed by atoms with Gasteiger partial charge in [0.2, 0.25) is 0 Å². The summed E-state index contributed by atoms with van der Waals surface area (Å²) in [6.07, 6.45) is 23.9. The highest BCUT2D eigenvalue weighted by Crippen LogP contribution is 2.70. The van der Waals surface area contributed by atoms with Crippen LogP contribution in [0, 0.1) is 16.7 Å². The van der Waals surface area contributed by atoms with Gasteiger partial charge in [-0.3, -0.25) is 0 Å². The van der Waals surface area contributed by atoms with E-state index in [1.54, 1.807) is 5.57 Å². The van der Waals surface area contributed by atoms with Crippen LogP contribution in [-0.2, 0) is 5.41 Å². The third kappa shape index (κ3) is 3.79. The maximum atomic E-state index is 2.67. The van der Waals surface area contributed by atoms with Crippen LogP contribution >= 0.6 is 0 Å². The van der Waals surface area contributed by atoms with Gasteiger partial charge in [0.1, 0.15) is 0 Å². The van der Waals surface area contributed by atoms with Crippen LogP contribution in [0.3, 0.4) is 0 Å². The van der Waals surface area contributed by atoms with E-state index in [1.807, 2.05) is 0 Å². The van der Waals surface area contributed by atoms with Gasteiger partial charge in [-0.15, -0.1) is 0 Å². The summed E-state index contributed by atoms with van der Waals surface area (Å²) in [5.74, 6) is 0.858. The van der Waals surface area contributed by atoms with Gasteiger partial charge >= 0.3 is 0 Å². The zero-order valence-electron chi connectivity index (χ0n) is 30.2. The van der Waals surface area contributed by atoms with Crippen molar-refractivity contribution in [2.75, 3.05) is 0 Å². The first kappa shape index (κ1) is 30.2. The fourth-order valence-corrected chi connectivity index (χ4v) is 11.8. The van der Waals surface area contributed by atoms with Gasteiger partial charge < -0.3 is 4.57 Å². The van der Waals surface area contributed by atoms with E-state index >= 15 is 0 Å². The second-order valence-electron chi connectivity index (χ2n) is 16.7. The predicted octanol–water partition coefficient (Wildman–Crippen LogP) is 13.0. The third-order valence-corrected chi connectivity index (χ3v) is 14.0. The van der Waals surface area contributed by atoms with Crippen molar-refractivity contribution in [3.8, 4) is 16.8 Å². The highest BCUT2D eigenvalue weighted by atomic mass is 15.1. The van der Waals surface area contributed by atoms with Crippen LogP contribution in [0.1, 0.15) is 73.4 Å². The van der Waals surface area contributed by atoms with Gasteiger partial charge in [-0.2, -0.15) is 0 Å². The van der Waals surface area contributed by atoms with E-state index in [-0.39, 0.29) is 22.2 Å².